The van der Waals surface area contributed by atoms with Crippen LogP contribution in [0.2, 0.25) is 0 Å². The van der Waals surface area contributed by atoms with Crippen LogP contribution in [0.4, 0.5) is 11.4 Å². The SMILES string of the molecule is COc1ccc(Br)c(C(=O)Nc2ccc3c(c2)N(C(=O)C2CCCC2)CC3)c1. The van der Waals surface area contributed by atoms with E-state index in [-0.39, 0.29) is 17.7 Å². The molecule has 2 aromatic carbocycles. The Morgan fingerprint density at radius 1 is 1.14 bits per heavy atom. The molecule has 1 aliphatic heterocycles. The third-order valence-corrected chi connectivity index (χ3v) is 6.32. The zero-order valence-corrected chi connectivity index (χ0v) is 17.4. The summed E-state index contributed by atoms with van der Waals surface area (Å²) < 4.78 is 5.91. The maximum atomic E-state index is 12.9. The van der Waals surface area contributed by atoms with E-state index in [9.17, 15) is 9.59 Å². The van der Waals surface area contributed by atoms with Crippen LogP contribution in [-0.4, -0.2) is 25.5 Å². The summed E-state index contributed by atoms with van der Waals surface area (Å²) in [6.07, 6.45) is 5.13. The van der Waals surface area contributed by atoms with E-state index in [2.05, 4.69) is 21.2 Å². The molecule has 28 heavy (non-hydrogen) atoms. The number of nitrogens with zero attached hydrogens (tertiary/aromatic N) is 1. The Kier molecular flexibility index (Phi) is 5.40. The lowest BCUT2D eigenvalue weighted by atomic mass is 10.1. The van der Waals surface area contributed by atoms with E-state index < -0.39 is 0 Å². The zero-order valence-electron chi connectivity index (χ0n) is 15.8. The van der Waals surface area contributed by atoms with Gasteiger partial charge in [0.2, 0.25) is 5.91 Å². The minimum Gasteiger partial charge on any atom is -0.497 e. The molecule has 4 rings (SSSR count). The highest BCUT2D eigenvalue weighted by atomic mass is 79.9. The van der Waals surface area contributed by atoms with Gasteiger partial charge in [0.25, 0.3) is 5.91 Å². The summed E-state index contributed by atoms with van der Waals surface area (Å²) in [7, 11) is 1.57. The predicted molar refractivity (Wildman–Crippen MR) is 113 cm³/mol. The van der Waals surface area contributed by atoms with Crippen molar-refractivity contribution in [1.82, 2.24) is 0 Å². The molecule has 1 N–H and O–H groups in total. The highest BCUT2D eigenvalue weighted by Crippen LogP contribution is 2.35. The molecule has 1 aliphatic carbocycles. The van der Waals surface area contributed by atoms with Crippen molar-refractivity contribution in [3.8, 4) is 5.75 Å². The number of methoxy groups -OCH3 is 1. The predicted octanol–water partition coefficient (Wildman–Crippen LogP) is 4.79. The number of ether oxygens (including phenoxy) is 1. The van der Waals surface area contributed by atoms with Crippen molar-refractivity contribution in [3.63, 3.8) is 0 Å². The first-order valence-corrected chi connectivity index (χ1v) is 10.5. The largest absolute Gasteiger partial charge is 0.497 e. The van der Waals surface area contributed by atoms with Gasteiger partial charge in [-0.2, -0.15) is 0 Å². The van der Waals surface area contributed by atoms with Crippen molar-refractivity contribution in [3.05, 3.63) is 52.0 Å². The summed E-state index contributed by atoms with van der Waals surface area (Å²) in [6.45, 7) is 0.726. The van der Waals surface area contributed by atoms with Gasteiger partial charge in [-0.1, -0.05) is 18.9 Å². The fraction of sp³-hybridized carbons (Fsp3) is 0.364. The second kappa shape index (κ2) is 7.95. The molecule has 0 spiro atoms. The van der Waals surface area contributed by atoms with Crippen LogP contribution >= 0.6 is 15.9 Å². The van der Waals surface area contributed by atoms with Crippen molar-refractivity contribution in [2.45, 2.75) is 32.1 Å². The van der Waals surface area contributed by atoms with Gasteiger partial charge in [-0.15, -0.1) is 0 Å². The normalized spacial score (nSPS) is 16.1. The Balaban J connectivity index is 1.55. The van der Waals surface area contributed by atoms with Crippen molar-refractivity contribution < 1.29 is 14.3 Å². The molecule has 6 heteroatoms. The monoisotopic (exact) mass is 442 g/mol. The third-order valence-electron chi connectivity index (χ3n) is 5.63. The lowest BCUT2D eigenvalue weighted by molar-refractivity contribution is -0.122. The highest BCUT2D eigenvalue weighted by Gasteiger charge is 2.32. The van der Waals surface area contributed by atoms with E-state index in [0.717, 1.165) is 49.9 Å². The van der Waals surface area contributed by atoms with E-state index in [1.807, 2.05) is 23.1 Å². The number of nitrogens with one attached hydrogen (secondary N) is 1. The number of rotatable bonds is 4. The molecule has 5 nitrogen and oxygen atoms in total. The van der Waals surface area contributed by atoms with Gasteiger partial charge < -0.3 is 15.0 Å². The first-order valence-electron chi connectivity index (χ1n) is 9.66. The van der Waals surface area contributed by atoms with Gasteiger partial charge in [-0.25, -0.2) is 0 Å². The summed E-state index contributed by atoms with van der Waals surface area (Å²) in [5, 5.41) is 2.95. The molecular formula is C22H23BrN2O3. The average Bonchev–Trinajstić information content (AvgIpc) is 3.37. The number of amides is 2. The maximum absolute atomic E-state index is 12.9. The molecule has 2 aromatic rings. The number of hydrogen-bond acceptors (Lipinski definition) is 3. The van der Waals surface area contributed by atoms with Gasteiger partial charge in [-0.3, -0.25) is 9.59 Å². The molecule has 146 valence electrons. The number of anilines is 2. The Labute approximate surface area is 173 Å². The molecule has 0 aromatic heterocycles. The Morgan fingerprint density at radius 2 is 1.93 bits per heavy atom. The van der Waals surface area contributed by atoms with Gasteiger partial charge >= 0.3 is 0 Å². The van der Waals surface area contributed by atoms with Crippen molar-refractivity contribution >= 4 is 39.1 Å². The molecule has 2 amide bonds. The summed E-state index contributed by atoms with van der Waals surface area (Å²) in [5.74, 6) is 0.778. The topological polar surface area (TPSA) is 58.6 Å². The molecule has 1 saturated carbocycles. The minimum absolute atomic E-state index is 0.150. The van der Waals surface area contributed by atoms with Gasteiger partial charge in [0.1, 0.15) is 5.75 Å². The molecular weight excluding hydrogens is 420 g/mol. The van der Waals surface area contributed by atoms with Crippen LogP contribution in [-0.2, 0) is 11.2 Å². The summed E-state index contributed by atoms with van der Waals surface area (Å²) in [6, 6.07) is 11.1. The Hall–Kier alpha value is -2.34. The quantitative estimate of drug-likeness (QED) is 0.740. The van der Waals surface area contributed by atoms with Crippen LogP contribution in [0.5, 0.6) is 5.75 Å². The summed E-state index contributed by atoms with van der Waals surface area (Å²) >= 11 is 3.42. The van der Waals surface area contributed by atoms with Gasteiger partial charge in [-0.05, 0) is 71.1 Å². The molecule has 0 unspecified atom stereocenters. The van der Waals surface area contributed by atoms with Crippen molar-refractivity contribution in [1.29, 1.82) is 0 Å². The van der Waals surface area contributed by atoms with Gasteiger partial charge in [0, 0.05) is 28.3 Å². The number of carbonyl (C=O) groups is 2. The van der Waals surface area contributed by atoms with Gasteiger partial charge in [0.15, 0.2) is 0 Å². The van der Waals surface area contributed by atoms with E-state index in [4.69, 9.17) is 4.74 Å². The molecule has 2 aliphatic rings. The van der Waals surface area contributed by atoms with E-state index in [1.54, 1.807) is 25.3 Å². The lowest BCUT2D eigenvalue weighted by Crippen LogP contribution is -2.33. The van der Waals surface area contributed by atoms with Gasteiger partial charge in [0.05, 0.1) is 12.7 Å². The van der Waals surface area contributed by atoms with Crippen LogP contribution in [0.25, 0.3) is 0 Å². The fourth-order valence-electron chi connectivity index (χ4n) is 4.08. The fourth-order valence-corrected chi connectivity index (χ4v) is 4.51. The first kappa shape index (κ1) is 19.0. The van der Waals surface area contributed by atoms with Crippen LogP contribution in [0, 0.1) is 5.92 Å². The Morgan fingerprint density at radius 3 is 2.68 bits per heavy atom. The van der Waals surface area contributed by atoms with Crippen LogP contribution in [0.3, 0.4) is 0 Å². The van der Waals surface area contributed by atoms with Crippen LogP contribution in [0.1, 0.15) is 41.6 Å². The third kappa shape index (κ3) is 3.65. The highest BCUT2D eigenvalue weighted by molar-refractivity contribution is 9.10. The average molecular weight is 443 g/mol. The van der Waals surface area contributed by atoms with E-state index >= 15 is 0 Å². The molecule has 0 saturated heterocycles. The van der Waals surface area contributed by atoms with E-state index in [1.165, 1.54) is 0 Å². The summed E-state index contributed by atoms with van der Waals surface area (Å²) in [4.78, 5) is 27.6. The Bertz CT molecular complexity index is 922. The second-order valence-electron chi connectivity index (χ2n) is 7.36. The van der Waals surface area contributed by atoms with Crippen LogP contribution in [0.15, 0.2) is 40.9 Å². The molecule has 1 heterocycles. The zero-order chi connectivity index (χ0) is 19.7. The first-order chi connectivity index (χ1) is 13.6. The molecule has 0 atom stereocenters. The minimum atomic E-state index is -0.225. The van der Waals surface area contributed by atoms with Crippen molar-refractivity contribution in [2.75, 3.05) is 23.9 Å². The van der Waals surface area contributed by atoms with Crippen molar-refractivity contribution in [2.24, 2.45) is 5.92 Å². The smallest absolute Gasteiger partial charge is 0.256 e. The molecule has 0 bridgehead atoms. The summed E-state index contributed by atoms with van der Waals surface area (Å²) in [5.41, 5.74) is 3.27. The maximum Gasteiger partial charge on any atom is 0.256 e. The number of carbonyl (C=O) groups excluding carboxylic acids is 2. The second-order valence-corrected chi connectivity index (χ2v) is 8.22. The molecule has 0 radical (unpaired) electrons. The van der Waals surface area contributed by atoms with Crippen LogP contribution < -0.4 is 15.0 Å². The number of fused-ring (bicyclic) bond motifs is 1. The number of halogens is 1. The molecule has 1 fully saturated rings. The standard InChI is InChI=1S/C22H23BrN2O3/c1-28-17-8-9-19(23)18(13-17)21(26)24-16-7-6-14-10-11-25(20(14)12-16)22(27)15-4-2-3-5-15/h6-9,12-13,15H,2-5,10-11H2,1H3,(H,24,26). The van der Waals surface area contributed by atoms with E-state index in [0.29, 0.717) is 21.5 Å². The number of hydrogen-bond donors (Lipinski definition) is 1. The lowest BCUT2D eigenvalue weighted by Gasteiger charge is -2.21. The number of benzene rings is 2.